The third-order valence-electron chi connectivity index (χ3n) is 3.69. The lowest BCUT2D eigenvalue weighted by Gasteiger charge is -2.16. The van der Waals surface area contributed by atoms with Gasteiger partial charge in [0.2, 0.25) is 0 Å². The smallest absolute Gasteiger partial charge is 0.259 e. The zero-order chi connectivity index (χ0) is 17.8. The van der Waals surface area contributed by atoms with Crippen LogP contribution >= 0.6 is 11.6 Å². The molecule has 0 spiro atoms. The maximum Gasteiger partial charge on any atom is 0.259 e. The first kappa shape index (κ1) is 17.1. The van der Waals surface area contributed by atoms with Gasteiger partial charge in [-0.15, -0.1) is 0 Å². The summed E-state index contributed by atoms with van der Waals surface area (Å²) in [6, 6.07) is 13.0. The van der Waals surface area contributed by atoms with E-state index in [-0.39, 0.29) is 5.56 Å². The Kier molecular flexibility index (Phi) is 5.09. The van der Waals surface area contributed by atoms with E-state index in [2.05, 4.69) is 10.1 Å². The monoisotopic (exact) mass is 359 g/mol. The van der Waals surface area contributed by atoms with Crippen molar-refractivity contribution in [3.63, 3.8) is 0 Å². The fourth-order valence-corrected chi connectivity index (χ4v) is 2.53. The molecule has 5 nitrogen and oxygen atoms in total. The number of hydrogen-bond acceptors (Lipinski definition) is 4. The Bertz CT molecular complexity index is 897. The van der Waals surface area contributed by atoms with Gasteiger partial charge < -0.3 is 9.42 Å². The van der Waals surface area contributed by atoms with Crippen LogP contribution in [0.25, 0.3) is 11.5 Å². The summed E-state index contributed by atoms with van der Waals surface area (Å²) in [7, 11) is 1.60. The summed E-state index contributed by atoms with van der Waals surface area (Å²) in [6.45, 7) is 0.328. The molecule has 0 radical (unpaired) electrons. The number of hydrogen-bond donors (Lipinski definition) is 0. The Morgan fingerprint density at radius 2 is 1.92 bits per heavy atom. The van der Waals surface area contributed by atoms with Crippen molar-refractivity contribution in [2.45, 2.75) is 6.42 Å². The van der Waals surface area contributed by atoms with Gasteiger partial charge in [-0.3, -0.25) is 4.79 Å². The van der Waals surface area contributed by atoms with Crippen LogP contribution in [-0.4, -0.2) is 34.5 Å². The van der Waals surface area contributed by atoms with E-state index in [4.69, 9.17) is 16.1 Å². The molecule has 0 aliphatic heterocycles. The third kappa shape index (κ3) is 3.85. The first-order chi connectivity index (χ1) is 12.1. The lowest BCUT2D eigenvalue weighted by atomic mass is 10.2. The Hall–Kier alpha value is -2.73. The molecule has 0 saturated carbocycles. The molecule has 2 aromatic carbocycles. The summed E-state index contributed by atoms with van der Waals surface area (Å²) in [5, 5.41) is 4.42. The minimum Gasteiger partial charge on any atom is -0.341 e. The molecule has 3 aromatic rings. The fraction of sp³-hybridized carbons (Fsp3) is 0.167. The first-order valence-corrected chi connectivity index (χ1v) is 8.01. The minimum atomic E-state index is -0.542. The summed E-state index contributed by atoms with van der Waals surface area (Å²) in [4.78, 5) is 18.0. The molecule has 7 heteroatoms. The molecule has 25 heavy (non-hydrogen) atoms. The van der Waals surface area contributed by atoms with Crippen LogP contribution in [0.5, 0.6) is 0 Å². The van der Waals surface area contributed by atoms with Crippen molar-refractivity contribution < 1.29 is 13.7 Å². The normalized spacial score (nSPS) is 10.7. The van der Waals surface area contributed by atoms with Gasteiger partial charge in [-0.05, 0) is 24.3 Å². The quantitative estimate of drug-likeness (QED) is 0.694. The highest BCUT2D eigenvalue weighted by Gasteiger charge is 2.17. The summed E-state index contributed by atoms with van der Waals surface area (Å²) in [6.07, 6.45) is 0.380. The molecule has 1 amide bonds. The lowest BCUT2D eigenvalue weighted by Crippen LogP contribution is -2.29. The van der Waals surface area contributed by atoms with Crippen LogP contribution < -0.4 is 0 Å². The van der Waals surface area contributed by atoms with Gasteiger partial charge >= 0.3 is 0 Å². The number of halogens is 2. The maximum atomic E-state index is 13.7. The topological polar surface area (TPSA) is 59.2 Å². The van der Waals surface area contributed by atoms with Crippen molar-refractivity contribution in [3.05, 3.63) is 70.8 Å². The van der Waals surface area contributed by atoms with Gasteiger partial charge in [0.1, 0.15) is 5.82 Å². The number of rotatable bonds is 5. The van der Waals surface area contributed by atoms with Crippen LogP contribution in [0.3, 0.4) is 0 Å². The number of nitrogens with zero attached hydrogens (tertiary/aromatic N) is 3. The zero-order valence-corrected chi connectivity index (χ0v) is 14.2. The van der Waals surface area contributed by atoms with Gasteiger partial charge in [-0.25, -0.2) is 4.39 Å². The average Bonchev–Trinajstić information content (AvgIpc) is 3.08. The SMILES string of the molecule is CN(CCc1noc(-c2ccccc2Cl)n1)C(=O)c1ccccc1F. The number of benzene rings is 2. The third-order valence-corrected chi connectivity index (χ3v) is 4.02. The van der Waals surface area contributed by atoms with Crippen molar-refractivity contribution in [2.24, 2.45) is 0 Å². The summed E-state index contributed by atoms with van der Waals surface area (Å²) < 4.78 is 18.9. The molecule has 0 unspecified atom stereocenters. The van der Waals surface area contributed by atoms with Gasteiger partial charge in [0.25, 0.3) is 11.8 Å². The summed E-state index contributed by atoms with van der Waals surface area (Å²) in [5.41, 5.74) is 0.688. The summed E-state index contributed by atoms with van der Waals surface area (Å²) in [5.74, 6) is -0.167. The average molecular weight is 360 g/mol. The molecule has 0 fully saturated rings. The molecule has 0 atom stereocenters. The number of likely N-dealkylation sites (N-methyl/N-ethyl adjacent to an activating group) is 1. The second kappa shape index (κ2) is 7.44. The highest BCUT2D eigenvalue weighted by atomic mass is 35.5. The molecular weight excluding hydrogens is 345 g/mol. The number of aromatic nitrogens is 2. The predicted octanol–water partition coefficient (Wildman–Crippen LogP) is 3.84. The standard InChI is InChI=1S/C18H15ClFN3O2/c1-23(18(24)13-7-3-5-9-15(13)20)11-10-16-21-17(25-22-16)12-6-2-4-8-14(12)19/h2-9H,10-11H2,1H3. The summed E-state index contributed by atoms with van der Waals surface area (Å²) >= 11 is 6.10. The molecule has 0 aliphatic rings. The fourth-order valence-electron chi connectivity index (χ4n) is 2.31. The minimum absolute atomic E-state index is 0.0369. The van der Waals surface area contributed by atoms with E-state index < -0.39 is 11.7 Å². The maximum absolute atomic E-state index is 13.7. The van der Waals surface area contributed by atoms with Crippen LogP contribution in [0.2, 0.25) is 5.02 Å². The van der Waals surface area contributed by atoms with E-state index in [1.165, 1.54) is 17.0 Å². The molecule has 0 saturated heterocycles. The highest BCUT2D eigenvalue weighted by molar-refractivity contribution is 6.33. The van der Waals surface area contributed by atoms with E-state index in [1.54, 1.807) is 31.3 Å². The van der Waals surface area contributed by atoms with E-state index in [0.29, 0.717) is 35.3 Å². The number of carbonyl (C=O) groups excluding carboxylic acids is 1. The first-order valence-electron chi connectivity index (χ1n) is 7.63. The van der Waals surface area contributed by atoms with Crippen molar-refractivity contribution in [1.29, 1.82) is 0 Å². The Balaban J connectivity index is 1.65. The molecule has 128 valence electrons. The Labute approximate surface area is 149 Å². The molecule has 1 aromatic heterocycles. The van der Waals surface area contributed by atoms with Gasteiger partial charge in [0.15, 0.2) is 5.82 Å². The van der Waals surface area contributed by atoms with Crippen molar-refractivity contribution in [2.75, 3.05) is 13.6 Å². The van der Waals surface area contributed by atoms with E-state index in [0.717, 1.165) is 0 Å². The number of amides is 1. The van der Waals surface area contributed by atoms with Crippen molar-refractivity contribution in [3.8, 4) is 11.5 Å². The lowest BCUT2D eigenvalue weighted by molar-refractivity contribution is 0.0791. The molecular formula is C18H15ClFN3O2. The number of carbonyl (C=O) groups is 1. The van der Waals surface area contributed by atoms with Crippen LogP contribution in [0.15, 0.2) is 53.1 Å². The second-order valence-corrected chi connectivity index (χ2v) is 5.86. The van der Waals surface area contributed by atoms with E-state index in [1.807, 2.05) is 12.1 Å². The molecule has 0 aliphatic carbocycles. The van der Waals surface area contributed by atoms with Gasteiger partial charge in [-0.1, -0.05) is 41.0 Å². The van der Waals surface area contributed by atoms with Crippen LogP contribution in [-0.2, 0) is 6.42 Å². The van der Waals surface area contributed by atoms with Crippen LogP contribution in [0.4, 0.5) is 4.39 Å². The van der Waals surface area contributed by atoms with E-state index in [9.17, 15) is 9.18 Å². The molecule has 3 rings (SSSR count). The Morgan fingerprint density at radius 1 is 1.20 bits per heavy atom. The van der Waals surface area contributed by atoms with Gasteiger partial charge in [-0.2, -0.15) is 4.98 Å². The second-order valence-electron chi connectivity index (χ2n) is 5.45. The zero-order valence-electron chi connectivity index (χ0n) is 13.4. The van der Waals surface area contributed by atoms with Crippen molar-refractivity contribution in [1.82, 2.24) is 15.0 Å². The highest BCUT2D eigenvalue weighted by Crippen LogP contribution is 2.25. The van der Waals surface area contributed by atoms with Gasteiger partial charge in [0, 0.05) is 20.0 Å². The van der Waals surface area contributed by atoms with E-state index >= 15 is 0 Å². The van der Waals surface area contributed by atoms with Crippen LogP contribution in [0, 0.1) is 5.82 Å². The molecule has 1 heterocycles. The Morgan fingerprint density at radius 3 is 2.68 bits per heavy atom. The van der Waals surface area contributed by atoms with Gasteiger partial charge in [0.05, 0.1) is 16.1 Å². The van der Waals surface area contributed by atoms with Crippen molar-refractivity contribution >= 4 is 17.5 Å². The molecule has 0 N–H and O–H groups in total. The van der Waals surface area contributed by atoms with Crippen LogP contribution in [0.1, 0.15) is 16.2 Å². The predicted molar refractivity (Wildman–Crippen MR) is 91.8 cm³/mol. The molecule has 0 bridgehead atoms. The largest absolute Gasteiger partial charge is 0.341 e.